The molecule has 4 nitrogen and oxygen atoms in total. The van der Waals surface area contributed by atoms with Crippen LogP contribution in [0.5, 0.6) is 11.6 Å². The third kappa shape index (κ3) is 5.06. The van der Waals surface area contributed by atoms with Crippen LogP contribution in [0.25, 0.3) is 0 Å². The molecule has 1 aromatic heterocycles. The number of pyridine rings is 1. The first-order valence-electron chi connectivity index (χ1n) is 7.82. The van der Waals surface area contributed by atoms with Crippen LogP contribution in [-0.4, -0.2) is 28.9 Å². The molecule has 0 aliphatic rings. The minimum Gasteiger partial charge on any atom is -0.439 e. The Hall–Kier alpha value is -1.88. The second kappa shape index (κ2) is 8.67. The van der Waals surface area contributed by atoms with Gasteiger partial charge in [-0.2, -0.15) is 0 Å². The minimum atomic E-state index is 0.0233. The Morgan fingerprint density at radius 1 is 1.17 bits per heavy atom. The van der Waals surface area contributed by atoms with E-state index in [1.165, 1.54) is 0 Å². The van der Waals surface area contributed by atoms with Gasteiger partial charge in [0, 0.05) is 29.8 Å². The summed E-state index contributed by atoms with van der Waals surface area (Å²) in [5.74, 6) is 1.19. The maximum atomic E-state index is 12.5. The summed E-state index contributed by atoms with van der Waals surface area (Å²) < 4.78 is 6.62. The Morgan fingerprint density at radius 3 is 2.48 bits per heavy atom. The van der Waals surface area contributed by atoms with E-state index in [1.54, 1.807) is 18.3 Å². The van der Waals surface area contributed by atoms with Crippen LogP contribution >= 0.6 is 15.9 Å². The fourth-order valence-corrected chi connectivity index (χ4v) is 2.63. The van der Waals surface area contributed by atoms with Crippen molar-refractivity contribution in [1.29, 1.82) is 0 Å². The molecule has 0 N–H and O–H groups in total. The van der Waals surface area contributed by atoms with Crippen LogP contribution in [0.3, 0.4) is 0 Å². The number of hydrogen-bond acceptors (Lipinski definition) is 3. The molecular weight excluding hydrogens is 356 g/mol. The van der Waals surface area contributed by atoms with Crippen LogP contribution in [0, 0.1) is 0 Å². The Balaban J connectivity index is 2.07. The number of benzene rings is 1. The summed E-state index contributed by atoms with van der Waals surface area (Å²) in [4.78, 5) is 18.6. The van der Waals surface area contributed by atoms with E-state index >= 15 is 0 Å². The number of aromatic nitrogens is 1. The fourth-order valence-electron chi connectivity index (χ4n) is 2.26. The Kier molecular flexibility index (Phi) is 6.59. The van der Waals surface area contributed by atoms with E-state index in [4.69, 9.17) is 4.74 Å². The highest BCUT2D eigenvalue weighted by Gasteiger charge is 2.14. The number of hydrogen-bond donors (Lipinski definition) is 0. The molecule has 5 heteroatoms. The van der Waals surface area contributed by atoms with Gasteiger partial charge in [-0.15, -0.1) is 0 Å². The third-order valence-electron chi connectivity index (χ3n) is 3.28. The van der Waals surface area contributed by atoms with Crippen molar-refractivity contribution in [3.63, 3.8) is 0 Å². The molecule has 0 spiro atoms. The van der Waals surface area contributed by atoms with Gasteiger partial charge < -0.3 is 9.64 Å². The van der Waals surface area contributed by atoms with Crippen molar-refractivity contribution in [2.24, 2.45) is 0 Å². The number of rotatable bonds is 7. The van der Waals surface area contributed by atoms with E-state index in [0.29, 0.717) is 17.2 Å². The maximum absolute atomic E-state index is 12.5. The molecule has 0 radical (unpaired) electrons. The van der Waals surface area contributed by atoms with Crippen molar-refractivity contribution < 1.29 is 9.53 Å². The van der Waals surface area contributed by atoms with Crippen molar-refractivity contribution in [2.75, 3.05) is 13.1 Å². The van der Waals surface area contributed by atoms with Gasteiger partial charge in [0.1, 0.15) is 5.75 Å². The molecule has 0 aliphatic carbocycles. The highest BCUT2D eigenvalue weighted by Crippen LogP contribution is 2.23. The van der Waals surface area contributed by atoms with Gasteiger partial charge in [0.15, 0.2) is 0 Å². The largest absolute Gasteiger partial charge is 0.439 e. The van der Waals surface area contributed by atoms with Gasteiger partial charge in [0.2, 0.25) is 5.88 Å². The smallest absolute Gasteiger partial charge is 0.255 e. The average Bonchev–Trinajstić information content (AvgIpc) is 2.55. The summed E-state index contributed by atoms with van der Waals surface area (Å²) in [7, 11) is 0. The zero-order chi connectivity index (χ0) is 16.7. The first-order valence-corrected chi connectivity index (χ1v) is 8.62. The van der Waals surface area contributed by atoms with Gasteiger partial charge in [-0.1, -0.05) is 35.8 Å². The molecule has 2 aromatic rings. The number of halogens is 1. The predicted molar refractivity (Wildman–Crippen MR) is 94.9 cm³/mol. The highest BCUT2D eigenvalue weighted by molar-refractivity contribution is 9.10. The first kappa shape index (κ1) is 17.5. The van der Waals surface area contributed by atoms with Crippen molar-refractivity contribution in [3.05, 3.63) is 52.6 Å². The standard InChI is InChI=1S/C18H21BrN2O2/c1-3-10-21(11-4-2)18(22)14-8-9-17(20-13-14)23-16-7-5-6-15(19)12-16/h5-9,12-13H,3-4,10-11H2,1-2H3. The zero-order valence-corrected chi connectivity index (χ0v) is 15.0. The lowest BCUT2D eigenvalue weighted by Crippen LogP contribution is -2.32. The van der Waals surface area contributed by atoms with E-state index in [9.17, 15) is 4.79 Å². The monoisotopic (exact) mass is 376 g/mol. The molecule has 1 aromatic carbocycles. The minimum absolute atomic E-state index is 0.0233. The molecule has 122 valence electrons. The van der Waals surface area contributed by atoms with E-state index in [1.807, 2.05) is 29.2 Å². The first-order chi connectivity index (χ1) is 11.1. The topological polar surface area (TPSA) is 42.4 Å². The second-order valence-corrected chi connectivity index (χ2v) is 6.15. The number of carbonyl (C=O) groups excluding carboxylic acids is 1. The third-order valence-corrected chi connectivity index (χ3v) is 3.77. The number of ether oxygens (including phenoxy) is 1. The molecule has 2 rings (SSSR count). The quantitative estimate of drug-likeness (QED) is 0.689. The second-order valence-electron chi connectivity index (χ2n) is 5.24. The van der Waals surface area contributed by atoms with Gasteiger partial charge in [-0.3, -0.25) is 4.79 Å². The lowest BCUT2D eigenvalue weighted by atomic mass is 10.2. The molecule has 0 atom stereocenters. The molecule has 23 heavy (non-hydrogen) atoms. The van der Waals surface area contributed by atoms with Crippen LogP contribution in [0.2, 0.25) is 0 Å². The number of nitrogens with zero attached hydrogens (tertiary/aromatic N) is 2. The number of amides is 1. The zero-order valence-electron chi connectivity index (χ0n) is 13.5. The summed E-state index contributed by atoms with van der Waals surface area (Å²) in [6, 6.07) is 11.0. The molecule has 1 amide bonds. The number of carbonyl (C=O) groups is 1. The Morgan fingerprint density at radius 2 is 1.91 bits per heavy atom. The maximum Gasteiger partial charge on any atom is 0.255 e. The fraction of sp³-hybridized carbons (Fsp3) is 0.333. The molecule has 0 aliphatic heterocycles. The SMILES string of the molecule is CCCN(CCC)C(=O)c1ccc(Oc2cccc(Br)c2)nc1. The Labute approximate surface area is 145 Å². The van der Waals surface area contributed by atoms with Crippen LogP contribution < -0.4 is 4.74 Å². The van der Waals surface area contributed by atoms with Crippen LogP contribution in [-0.2, 0) is 0 Å². The lowest BCUT2D eigenvalue weighted by molar-refractivity contribution is 0.0755. The van der Waals surface area contributed by atoms with E-state index in [-0.39, 0.29) is 5.91 Å². The Bertz CT molecular complexity index is 638. The average molecular weight is 377 g/mol. The van der Waals surface area contributed by atoms with Gasteiger partial charge >= 0.3 is 0 Å². The summed E-state index contributed by atoms with van der Waals surface area (Å²) >= 11 is 3.40. The van der Waals surface area contributed by atoms with Crippen molar-refractivity contribution >= 4 is 21.8 Å². The molecule has 0 unspecified atom stereocenters. The lowest BCUT2D eigenvalue weighted by Gasteiger charge is -2.21. The molecular formula is C18H21BrN2O2. The van der Waals surface area contributed by atoms with Crippen molar-refractivity contribution in [3.8, 4) is 11.6 Å². The van der Waals surface area contributed by atoms with E-state index < -0.39 is 0 Å². The van der Waals surface area contributed by atoms with Gasteiger partial charge in [-0.25, -0.2) is 4.98 Å². The summed E-state index contributed by atoms with van der Waals surface area (Å²) in [5.41, 5.74) is 0.591. The molecule has 0 saturated heterocycles. The molecule has 0 saturated carbocycles. The van der Waals surface area contributed by atoms with E-state index in [2.05, 4.69) is 34.8 Å². The molecule has 1 heterocycles. The van der Waals surface area contributed by atoms with Crippen molar-refractivity contribution in [1.82, 2.24) is 9.88 Å². The van der Waals surface area contributed by atoms with Gasteiger partial charge in [0.05, 0.1) is 5.56 Å². The predicted octanol–water partition coefficient (Wildman–Crippen LogP) is 4.90. The summed E-state index contributed by atoms with van der Waals surface area (Å²) in [6.45, 7) is 5.68. The normalized spacial score (nSPS) is 10.4. The highest BCUT2D eigenvalue weighted by atomic mass is 79.9. The summed E-state index contributed by atoms with van der Waals surface area (Å²) in [6.07, 6.45) is 3.47. The molecule has 0 fully saturated rings. The summed E-state index contributed by atoms with van der Waals surface area (Å²) in [5, 5.41) is 0. The van der Waals surface area contributed by atoms with E-state index in [0.717, 1.165) is 30.4 Å². The van der Waals surface area contributed by atoms with Gasteiger partial charge in [0.25, 0.3) is 5.91 Å². The van der Waals surface area contributed by atoms with Crippen LogP contribution in [0.1, 0.15) is 37.0 Å². The van der Waals surface area contributed by atoms with Crippen LogP contribution in [0.4, 0.5) is 0 Å². The van der Waals surface area contributed by atoms with Crippen molar-refractivity contribution in [2.45, 2.75) is 26.7 Å². The molecule has 0 bridgehead atoms. The van der Waals surface area contributed by atoms with Crippen LogP contribution in [0.15, 0.2) is 47.1 Å². The van der Waals surface area contributed by atoms with Gasteiger partial charge in [-0.05, 0) is 37.1 Å².